The molecule has 2 aromatic rings. The maximum atomic E-state index is 5.96. The van der Waals surface area contributed by atoms with Crippen LogP contribution in [-0.4, -0.2) is 36.5 Å². The van der Waals surface area contributed by atoms with E-state index in [-0.39, 0.29) is 24.0 Å². The van der Waals surface area contributed by atoms with Crippen molar-refractivity contribution in [2.24, 2.45) is 16.6 Å². The number of nitrogens with zero attached hydrogens (tertiary/aromatic N) is 3. The van der Waals surface area contributed by atoms with E-state index in [0.29, 0.717) is 35.6 Å². The molecule has 1 heterocycles. The van der Waals surface area contributed by atoms with Crippen molar-refractivity contribution in [3.8, 4) is 11.5 Å². The Balaban J connectivity index is 0.00000288. The van der Waals surface area contributed by atoms with E-state index in [9.17, 15) is 0 Å². The molecule has 0 bridgehead atoms. The zero-order valence-electron chi connectivity index (χ0n) is 14.1. The summed E-state index contributed by atoms with van der Waals surface area (Å²) in [5, 5.41) is 7.23. The second-order valence-corrected chi connectivity index (χ2v) is 5.25. The Morgan fingerprint density at radius 1 is 1.38 bits per heavy atom. The lowest BCUT2D eigenvalue weighted by Gasteiger charge is -2.13. The summed E-state index contributed by atoms with van der Waals surface area (Å²) in [6.45, 7) is 3.50. The van der Waals surface area contributed by atoms with Gasteiger partial charge in [0.1, 0.15) is 11.5 Å². The average Bonchev–Trinajstić information content (AvgIpc) is 3.05. The van der Waals surface area contributed by atoms with Crippen LogP contribution in [0.3, 0.4) is 0 Å². The molecule has 3 N–H and O–H groups in total. The van der Waals surface area contributed by atoms with Crippen LogP contribution in [0.5, 0.6) is 11.5 Å². The third-order valence-electron chi connectivity index (χ3n) is 3.30. The van der Waals surface area contributed by atoms with Crippen LogP contribution in [0.4, 0.5) is 5.69 Å². The largest absolute Gasteiger partial charge is 0.497 e. The average molecular weight is 445 g/mol. The molecule has 0 radical (unpaired) electrons. The zero-order valence-corrected chi connectivity index (χ0v) is 16.4. The van der Waals surface area contributed by atoms with Gasteiger partial charge in [-0.2, -0.15) is 5.10 Å². The van der Waals surface area contributed by atoms with Gasteiger partial charge in [-0.3, -0.25) is 9.67 Å². The van der Waals surface area contributed by atoms with Crippen LogP contribution >= 0.6 is 24.0 Å². The number of guanidine groups is 1. The number of rotatable bonds is 7. The predicted octanol–water partition coefficient (Wildman–Crippen LogP) is 2.58. The van der Waals surface area contributed by atoms with Gasteiger partial charge < -0.3 is 20.5 Å². The fraction of sp³-hybridized carbons (Fsp3) is 0.375. The van der Waals surface area contributed by atoms with Crippen molar-refractivity contribution in [3.05, 3.63) is 36.7 Å². The fourth-order valence-electron chi connectivity index (χ4n) is 2.13. The van der Waals surface area contributed by atoms with Gasteiger partial charge in [-0.05, 0) is 24.1 Å². The molecule has 0 amide bonds. The number of aliphatic imine (C=N–C) groups is 1. The summed E-state index contributed by atoms with van der Waals surface area (Å²) >= 11 is 0. The molecule has 1 unspecified atom stereocenters. The number of hydrogen-bond acceptors (Lipinski definition) is 4. The van der Waals surface area contributed by atoms with E-state index >= 15 is 0 Å². The second kappa shape index (κ2) is 10.0. The maximum absolute atomic E-state index is 5.96. The number of anilines is 1. The van der Waals surface area contributed by atoms with E-state index < -0.39 is 0 Å². The van der Waals surface area contributed by atoms with Crippen molar-refractivity contribution >= 4 is 35.6 Å². The van der Waals surface area contributed by atoms with E-state index in [0.717, 1.165) is 6.54 Å². The molecule has 1 atom stereocenters. The van der Waals surface area contributed by atoms with Crippen molar-refractivity contribution < 1.29 is 9.47 Å². The highest BCUT2D eigenvalue weighted by atomic mass is 127. The number of methoxy groups -OCH3 is 2. The number of halogens is 1. The molecular formula is C16H24IN5O2. The minimum atomic E-state index is 0. The molecule has 1 aromatic carbocycles. The van der Waals surface area contributed by atoms with Gasteiger partial charge in [-0.1, -0.05) is 6.92 Å². The summed E-state index contributed by atoms with van der Waals surface area (Å²) in [4.78, 5) is 4.38. The van der Waals surface area contributed by atoms with Gasteiger partial charge in [0.15, 0.2) is 5.96 Å². The van der Waals surface area contributed by atoms with E-state index in [1.54, 1.807) is 20.4 Å². The molecule has 0 aliphatic carbocycles. The van der Waals surface area contributed by atoms with Crippen molar-refractivity contribution in [1.82, 2.24) is 9.78 Å². The summed E-state index contributed by atoms with van der Waals surface area (Å²) in [6.07, 6.45) is 3.70. The zero-order chi connectivity index (χ0) is 16.7. The van der Waals surface area contributed by atoms with Crippen LogP contribution < -0.4 is 20.5 Å². The molecule has 0 aliphatic rings. The van der Waals surface area contributed by atoms with Crippen LogP contribution in [0, 0.1) is 5.92 Å². The molecule has 132 valence electrons. The fourth-order valence-corrected chi connectivity index (χ4v) is 2.13. The van der Waals surface area contributed by atoms with Gasteiger partial charge in [-0.25, -0.2) is 0 Å². The summed E-state index contributed by atoms with van der Waals surface area (Å²) in [7, 11) is 3.21. The minimum Gasteiger partial charge on any atom is -0.497 e. The number of benzene rings is 1. The Morgan fingerprint density at radius 3 is 2.79 bits per heavy atom. The Bertz CT molecular complexity index is 646. The summed E-state index contributed by atoms with van der Waals surface area (Å²) in [5.41, 5.74) is 6.68. The lowest BCUT2D eigenvalue weighted by molar-refractivity contribution is 0.405. The smallest absolute Gasteiger partial charge is 0.193 e. The first-order chi connectivity index (χ1) is 11.1. The van der Waals surface area contributed by atoms with Crippen LogP contribution in [0.15, 0.2) is 41.7 Å². The Labute approximate surface area is 159 Å². The highest BCUT2D eigenvalue weighted by Crippen LogP contribution is 2.28. The first kappa shape index (κ1) is 20.1. The van der Waals surface area contributed by atoms with Gasteiger partial charge in [-0.15, -0.1) is 24.0 Å². The maximum Gasteiger partial charge on any atom is 0.193 e. The number of ether oxygens (including phenoxy) is 2. The molecule has 0 fully saturated rings. The Hall–Kier alpha value is -1.97. The van der Waals surface area contributed by atoms with Gasteiger partial charge in [0.25, 0.3) is 0 Å². The number of nitrogens with two attached hydrogens (primary N) is 1. The first-order valence-corrected chi connectivity index (χ1v) is 7.38. The summed E-state index contributed by atoms with van der Waals surface area (Å²) in [6, 6.07) is 7.35. The molecule has 0 spiro atoms. The molecule has 2 rings (SSSR count). The van der Waals surface area contributed by atoms with Gasteiger partial charge in [0, 0.05) is 31.5 Å². The normalized spacial score (nSPS) is 12.2. The van der Waals surface area contributed by atoms with Crippen LogP contribution in [0.2, 0.25) is 0 Å². The standard InChI is InChI=1S/C16H23N5O2.HI/c1-12(11-21-8-4-7-19-21)10-18-16(17)20-14-9-13(22-2)5-6-15(14)23-3;/h4-9,12H,10-11H2,1-3H3,(H3,17,18,20);1H. The van der Waals surface area contributed by atoms with Crippen molar-refractivity contribution in [2.45, 2.75) is 13.5 Å². The number of nitrogens with one attached hydrogen (secondary N) is 1. The quantitative estimate of drug-likeness (QED) is 0.389. The minimum absolute atomic E-state index is 0. The topological polar surface area (TPSA) is 86.7 Å². The number of aromatic nitrogens is 2. The summed E-state index contributed by atoms with van der Waals surface area (Å²) < 4.78 is 12.4. The van der Waals surface area contributed by atoms with Gasteiger partial charge in [0.05, 0.1) is 19.9 Å². The predicted molar refractivity (Wildman–Crippen MR) is 106 cm³/mol. The molecule has 8 heteroatoms. The van der Waals surface area contributed by atoms with E-state index in [2.05, 4.69) is 22.3 Å². The lowest BCUT2D eigenvalue weighted by atomic mass is 10.2. The van der Waals surface area contributed by atoms with Crippen molar-refractivity contribution in [2.75, 3.05) is 26.1 Å². The van der Waals surface area contributed by atoms with E-state index in [1.807, 2.05) is 35.1 Å². The third-order valence-corrected chi connectivity index (χ3v) is 3.30. The Morgan fingerprint density at radius 2 is 2.17 bits per heavy atom. The van der Waals surface area contributed by atoms with E-state index in [4.69, 9.17) is 15.2 Å². The molecular weight excluding hydrogens is 421 g/mol. The van der Waals surface area contributed by atoms with Crippen LogP contribution in [0.25, 0.3) is 0 Å². The third kappa shape index (κ3) is 5.91. The monoisotopic (exact) mass is 445 g/mol. The molecule has 24 heavy (non-hydrogen) atoms. The van der Waals surface area contributed by atoms with Crippen LogP contribution in [-0.2, 0) is 6.54 Å². The SMILES string of the molecule is COc1ccc(OC)c(NC(N)=NCC(C)Cn2cccn2)c1.I. The molecule has 0 saturated heterocycles. The van der Waals surface area contributed by atoms with Crippen LogP contribution in [0.1, 0.15) is 6.92 Å². The lowest BCUT2D eigenvalue weighted by Crippen LogP contribution is -2.24. The van der Waals surface area contributed by atoms with Crippen molar-refractivity contribution in [3.63, 3.8) is 0 Å². The molecule has 1 aromatic heterocycles. The Kier molecular flexibility index (Phi) is 8.37. The van der Waals surface area contributed by atoms with Crippen molar-refractivity contribution in [1.29, 1.82) is 0 Å². The highest BCUT2D eigenvalue weighted by Gasteiger charge is 2.07. The highest BCUT2D eigenvalue weighted by molar-refractivity contribution is 14.0. The van der Waals surface area contributed by atoms with Gasteiger partial charge >= 0.3 is 0 Å². The molecule has 0 aliphatic heterocycles. The first-order valence-electron chi connectivity index (χ1n) is 7.38. The number of hydrogen-bond donors (Lipinski definition) is 2. The van der Waals surface area contributed by atoms with Gasteiger partial charge in [0.2, 0.25) is 0 Å². The summed E-state index contributed by atoms with van der Waals surface area (Å²) in [5.74, 6) is 2.05. The molecule has 0 saturated carbocycles. The van der Waals surface area contributed by atoms with E-state index in [1.165, 1.54) is 0 Å². The second-order valence-electron chi connectivity index (χ2n) is 5.25. The molecule has 7 nitrogen and oxygen atoms in total.